The summed E-state index contributed by atoms with van der Waals surface area (Å²) >= 11 is 0. The van der Waals surface area contributed by atoms with E-state index in [0.717, 1.165) is 46.8 Å². The third-order valence-electron chi connectivity index (χ3n) is 5.63. The summed E-state index contributed by atoms with van der Waals surface area (Å²) in [5.41, 5.74) is 7.32. The van der Waals surface area contributed by atoms with E-state index < -0.39 is 0 Å². The van der Waals surface area contributed by atoms with E-state index in [4.69, 9.17) is 0 Å². The summed E-state index contributed by atoms with van der Waals surface area (Å²) in [7, 11) is 2.10. The van der Waals surface area contributed by atoms with Gasteiger partial charge in [0.2, 0.25) is 0 Å². The van der Waals surface area contributed by atoms with Gasteiger partial charge >= 0.3 is 0 Å². The Morgan fingerprint density at radius 3 is 2.59 bits per heavy atom. The lowest BCUT2D eigenvalue weighted by Gasteiger charge is -2.35. The quantitative estimate of drug-likeness (QED) is 0.581. The van der Waals surface area contributed by atoms with Crippen molar-refractivity contribution in [2.75, 3.05) is 20.1 Å². The predicted octanol–water partition coefficient (Wildman–Crippen LogP) is 3.81. The second-order valence-electron chi connectivity index (χ2n) is 7.99. The maximum absolute atomic E-state index is 10.7. The van der Waals surface area contributed by atoms with Gasteiger partial charge in [0, 0.05) is 31.4 Å². The number of likely N-dealkylation sites (tertiary alicyclic amines) is 1. The number of aromatic nitrogens is 4. The fourth-order valence-electron chi connectivity index (χ4n) is 4.17. The molecule has 1 fully saturated rings. The molecule has 4 aromatic rings. The summed E-state index contributed by atoms with van der Waals surface area (Å²) in [6.45, 7) is 6.07. The summed E-state index contributed by atoms with van der Waals surface area (Å²) in [4.78, 5) is 6.84. The Morgan fingerprint density at radius 2 is 1.86 bits per heavy atom. The Hall–Kier alpha value is -3.25. The predicted molar refractivity (Wildman–Crippen MR) is 113 cm³/mol. The number of nitrogens with zero attached hydrogens (tertiary/aromatic N) is 5. The molecule has 1 aliphatic heterocycles. The molecule has 1 aromatic carbocycles. The summed E-state index contributed by atoms with van der Waals surface area (Å²) in [6, 6.07) is 11.7. The summed E-state index contributed by atoms with van der Waals surface area (Å²) in [6.07, 6.45) is 4.06. The number of pyridine rings is 1. The van der Waals surface area contributed by atoms with Gasteiger partial charge in [-0.15, -0.1) is 0 Å². The van der Waals surface area contributed by atoms with Crippen LogP contribution in [0.2, 0.25) is 0 Å². The number of fused-ring (bicyclic) bond motifs is 1. The highest BCUT2D eigenvalue weighted by molar-refractivity contribution is 5.86. The molecule has 0 radical (unpaired) electrons. The van der Waals surface area contributed by atoms with Gasteiger partial charge in [0.15, 0.2) is 0 Å². The van der Waals surface area contributed by atoms with Crippen LogP contribution in [0.5, 0.6) is 5.75 Å². The summed E-state index contributed by atoms with van der Waals surface area (Å²) in [5.74, 6) is 0.646. The van der Waals surface area contributed by atoms with Gasteiger partial charge in [-0.3, -0.25) is 0 Å². The first-order valence-corrected chi connectivity index (χ1v) is 9.80. The molecule has 29 heavy (non-hydrogen) atoms. The van der Waals surface area contributed by atoms with E-state index in [-0.39, 0.29) is 5.75 Å². The Bertz CT molecular complexity index is 1210. The Balaban J connectivity index is 1.60. The van der Waals surface area contributed by atoms with E-state index in [1.165, 1.54) is 0 Å². The zero-order valence-electron chi connectivity index (χ0n) is 16.8. The number of rotatable bonds is 3. The van der Waals surface area contributed by atoms with Crippen LogP contribution in [0, 0.1) is 13.8 Å². The molecule has 6 heteroatoms. The number of phenolic OH excluding ortho intramolecular Hbond substituents is 1. The molecule has 4 heterocycles. The number of hydrogen-bond donors (Lipinski definition) is 1. The molecule has 0 atom stereocenters. The van der Waals surface area contributed by atoms with Gasteiger partial charge in [-0.2, -0.15) is 10.2 Å². The Kier molecular flexibility index (Phi) is 4.10. The number of aromatic hydroxyl groups is 1. The van der Waals surface area contributed by atoms with Crippen LogP contribution < -0.4 is 0 Å². The van der Waals surface area contributed by atoms with Crippen molar-refractivity contribution in [2.24, 2.45) is 0 Å². The highest BCUT2D eigenvalue weighted by Crippen LogP contribution is 2.38. The maximum Gasteiger partial charge on any atom is 0.139 e. The third kappa shape index (κ3) is 3.06. The molecule has 1 aliphatic rings. The van der Waals surface area contributed by atoms with Crippen molar-refractivity contribution in [3.8, 4) is 28.1 Å². The number of imidazole rings is 1. The van der Waals surface area contributed by atoms with E-state index in [2.05, 4.69) is 40.1 Å². The molecule has 5 rings (SSSR count). The van der Waals surface area contributed by atoms with E-state index in [1.807, 2.05) is 48.0 Å². The molecule has 0 aliphatic carbocycles. The van der Waals surface area contributed by atoms with Crippen LogP contribution in [0.25, 0.3) is 28.0 Å². The van der Waals surface area contributed by atoms with Gasteiger partial charge in [0.05, 0.1) is 22.6 Å². The minimum atomic E-state index is 0.201. The van der Waals surface area contributed by atoms with E-state index in [0.29, 0.717) is 17.2 Å². The average Bonchev–Trinajstić information content (AvgIpc) is 3.06. The normalized spacial score (nSPS) is 15.0. The largest absolute Gasteiger partial charge is 0.507 e. The third-order valence-corrected chi connectivity index (χ3v) is 5.63. The molecular formula is C23H23N5O. The van der Waals surface area contributed by atoms with Crippen LogP contribution in [0.4, 0.5) is 0 Å². The van der Waals surface area contributed by atoms with Crippen molar-refractivity contribution in [1.82, 2.24) is 24.5 Å². The molecular weight excluding hydrogens is 362 g/mol. The molecule has 0 saturated carbocycles. The zero-order valence-corrected chi connectivity index (χ0v) is 16.8. The minimum absolute atomic E-state index is 0.201. The first-order valence-electron chi connectivity index (χ1n) is 9.80. The second-order valence-corrected chi connectivity index (χ2v) is 7.99. The molecule has 3 aromatic heterocycles. The molecule has 0 spiro atoms. The number of phenols is 1. The minimum Gasteiger partial charge on any atom is -0.507 e. The fourth-order valence-corrected chi connectivity index (χ4v) is 4.17. The number of hydrogen-bond acceptors (Lipinski definition) is 5. The van der Waals surface area contributed by atoms with E-state index in [9.17, 15) is 5.11 Å². The number of aryl methyl sites for hydroxylation is 2. The van der Waals surface area contributed by atoms with Crippen molar-refractivity contribution < 1.29 is 5.11 Å². The fraction of sp³-hybridized carbons (Fsp3) is 0.261. The first kappa shape index (κ1) is 17.8. The van der Waals surface area contributed by atoms with Gasteiger partial charge in [-0.05, 0) is 61.9 Å². The molecule has 6 nitrogen and oxygen atoms in total. The van der Waals surface area contributed by atoms with Crippen LogP contribution in [-0.4, -0.2) is 49.7 Å². The number of benzene rings is 1. The Labute approximate surface area is 169 Å². The van der Waals surface area contributed by atoms with Crippen molar-refractivity contribution in [1.29, 1.82) is 0 Å². The molecule has 1 N–H and O–H groups in total. The molecule has 0 unspecified atom stereocenters. The van der Waals surface area contributed by atoms with Gasteiger partial charge in [-0.1, -0.05) is 12.1 Å². The van der Waals surface area contributed by atoms with E-state index >= 15 is 0 Å². The van der Waals surface area contributed by atoms with Crippen LogP contribution in [0.1, 0.15) is 22.9 Å². The SMILES string of the molecule is Cc1cn2cc(-c3cccc(O)c3-c3ccc(C4CN(C)C4)nn3)cc(C)c2n1. The van der Waals surface area contributed by atoms with Crippen LogP contribution in [0.15, 0.2) is 48.8 Å². The maximum atomic E-state index is 10.7. The van der Waals surface area contributed by atoms with Gasteiger partial charge in [0.25, 0.3) is 0 Å². The topological polar surface area (TPSA) is 66.6 Å². The summed E-state index contributed by atoms with van der Waals surface area (Å²) < 4.78 is 2.04. The second kappa shape index (κ2) is 6.67. The Morgan fingerprint density at radius 1 is 1.03 bits per heavy atom. The van der Waals surface area contributed by atoms with Crippen molar-refractivity contribution in [3.05, 3.63) is 65.7 Å². The van der Waals surface area contributed by atoms with Crippen LogP contribution >= 0.6 is 0 Å². The monoisotopic (exact) mass is 385 g/mol. The van der Waals surface area contributed by atoms with E-state index in [1.54, 1.807) is 6.07 Å². The first-order chi connectivity index (χ1) is 14.0. The van der Waals surface area contributed by atoms with Crippen LogP contribution in [-0.2, 0) is 0 Å². The van der Waals surface area contributed by atoms with Crippen molar-refractivity contribution in [3.63, 3.8) is 0 Å². The highest BCUT2D eigenvalue weighted by atomic mass is 16.3. The molecule has 0 amide bonds. The standard InChI is InChI=1S/C23H23N5O/c1-14-9-16(13-28-10-15(2)24-23(14)28)18-5-4-6-21(29)22(18)20-8-7-19(25-26-20)17-11-27(3)12-17/h4-10,13,17,29H,11-12H2,1-3H3. The van der Waals surface area contributed by atoms with Crippen molar-refractivity contribution in [2.45, 2.75) is 19.8 Å². The lowest BCUT2D eigenvalue weighted by Crippen LogP contribution is -2.42. The van der Waals surface area contributed by atoms with Gasteiger partial charge in [0.1, 0.15) is 11.4 Å². The van der Waals surface area contributed by atoms with Gasteiger partial charge < -0.3 is 14.4 Å². The molecule has 1 saturated heterocycles. The van der Waals surface area contributed by atoms with Crippen molar-refractivity contribution >= 4 is 5.65 Å². The molecule has 0 bridgehead atoms. The molecule has 146 valence electrons. The highest BCUT2D eigenvalue weighted by Gasteiger charge is 2.26. The average molecular weight is 385 g/mol. The van der Waals surface area contributed by atoms with Gasteiger partial charge in [-0.25, -0.2) is 4.98 Å². The van der Waals surface area contributed by atoms with Crippen LogP contribution in [0.3, 0.4) is 0 Å². The smallest absolute Gasteiger partial charge is 0.139 e. The lowest BCUT2D eigenvalue weighted by molar-refractivity contribution is 0.186. The summed E-state index contributed by atoms with van der Waals surface area (Å²) in [5, 5.41) is 19.6. The lowest BCUT2D eigenvalue weighted by atomic mass is 9.95. The number of likely N-dealkylation sites (N-methyl/N-ethyl adjacent to an activating group) is 1. The zero-order chi connectivity index (χ0) is 20.1.